The average molecular weight is 248 g/mol. The molecule has 2 aromatic carbocycles. The van der Waals surface area contributed by atoms with E-state index in [1.54, 1.807) is 11.9 Å². The van der Waals surface area contributed by atoms with E-state index >= 15 is 0 Å². The summed E-state index contributed by atoms with van der Waals surface area (Å²) in [5.41, 5.74) is 2.54. The van der Waals surface area contributed by atoms with Crippen LogP contribution in [0.1, 0.15) is 5.56 Å². The predicted octanol–water partition coefficient (Wildman–Crippen LogP) is 4.37. The monoisotopic (exact) mass is 247 g/mol. The fraction of sp³-hybridized carbons (Fsp3) is 0.0769. The van der Waals surface area contributed by atoms with Crippen LogP contribution in [0.3, 0.4) is 0 Å². The molecule has 0 amide bonds. The van der Waals surface area contributed by atoms with E-state index in [4.69, 9.17) is 11.6 Å². The molecular weight excluding hydrogens is 238 g/mol. The number of hydrogen-bond donors (Lipinski definition) is 0. The van der Waals surface area contributed by atoms with Gasteiger partial charge in [0.25, 0.3) is 0 Å². The molecule has 1 nitrogen and oxygen atoms in total. The van der Waals surface area contributed by atoms with Gasteiger partial charge in [0.05, 0.1) is 6.54 Å². The van der Waals surface area contributed by atoms with Crippen LogP contribution in [0, 0.1) is 0 Å². The van der Waals surface area contributed by atoms with Gasteiger partial charge in [0, 0.05) is 15.6 Å². The molecular formula is C13H10ClNS. The molecule has 3 heteroatoms. The first-order chi connectivity index (χ1) is 7.83. The SMILES string of the molecule is Clc1cccc(N2Cc3ccccc3S2)c1. The van der Waals surface area contributed by atoms with Crippen LogP contribution < -0.4 is 4.31 Å². The van der Waals surface area contributed by atoms with Crippen LogP contribution >= 0.6 is 23.5 Å². The van der Waals surface area contributed by atoms with E-state index in [2.05, 4.69) is 34.6 Å². The molecule has 0 saturated heterocycles. The molecule has 0 spiro atoms. The van der Waals surface area contributed by atoms with Crippen molar-refractivity contribution in [1.82, 2.24) is 0 Å². The van der Waals surface area contributed by atoms with Crippen molar-refractivity contribution < 1.29 is 0 Å². The van der Waals surface area contributed by atoms with Gasteiger partial charge < -0.3 is 4.31 Å². The summed E-state index contributed by atoms with van der Waals surface area (Å²) in [6, 6.07) is 16.5. The molecule has 1 heterocycles. The Bertz CT molecular complexity index is 502. The third-order valence-electron chi connectivity index (χ3n) is 2.59. The molecule has 1 aliphatic rings. The summed E-state index contributed by atoms with van der Waals surface area (Å²) in [5, 5.41) is 0.786. The topological polar surface area (TPSA) is 3.24 Å². The molecule has 0 fully saturated rings. The van der Waals surface area contributed by atoms with Crippen molar-refractivity contribution in [1.29, 1.82) is 0 Å². The molecule has 3 rings (SSSR count). The molecule has 80 valence electrons. The molecule has 0 unspecified atom stereocenters. The van der Waals surface area contributed by atoms with Crippen LogP contribution in [-0.2, 0) is 6.54 Å². The molecule has 16 heavy (non-hydrogen) atoms. The minimum Gasteiger partial charge on any atom is -0.308 e. The highest BCUT2D eigenvalue weighted by Gasteiger charge is 2.19. The molecule has 2 aromatic rings. The average Bonchev–Trinajstić information content (AvgIpc) is 2.72. The summed E-state index contributed by atoms with van der Waals surface area (Å²) >= 11 is 7.77. The number of anilines is 1. The second-order valence-electron chi connectivity index (χ2n) is 3.72. The summed E-state index contributed by atoms with van der Waals surface area (Å²) in [6.07, 6.45) is 0. The first-order valence-corrected chi connectivity index (χ1v) is 6.27. The third kappa shape index (κ3) is 1.79. The zero-order chi connectivity index (χ0) is 11.0. The molecule has 0 aliphatic carbocycles. The van der Waals surface area contributed by atoms with Gasteiger partial charge in [-0.05, 0) is 41.8 Å². The summed E-state index contributed by atoms with van der Waals surface area (Å²) in [6.45, 7) is 0.946. The van der Waals surface area contributed by atoms with Gasteiger partial charge in [-0.1, -0.05) is 35.9 Å². The molecule has 0 radical (unpaired) electrons. The van der Waals surface area contributed by atoms with E-state index in [1.807, 2.05) is 18.2 Å². The van der Waals surface area contributed by atoms with Gasteiger partial charge in [-0.2, -0.15) is 0 Å². The smallest absolute Gasteiger partial charge is 0.0561 e. The maximum absolute atomic E-state index is 6.00. The first-order valence-electron chi connectivity index (χ1n) is 5.12. The number of rotatable bonds is 1. The van der Waals surface area contributed by atoms with E-state index < -0.39 is 0 Å². The molecule has 0 saturated carbocycles. The van der Waals surface area contributed by atoms with E-state index in [-0.39, 0.29) is 0 Å². The van der Waals surface area contributed by atoms with Crippen molar-refractivity contribution in [3.05, 3.63) is 59.1 Å². The predicted molar refractivity (Wildman–Crippen MR) is 69.9 cm³/mol. The van der Waals surface area contributed by atoms with Crippen LogP contribution in [0.2, 0.25) is 5.02 Å². The molecule has 1 aliphatic heterocycles. The van der Waals surface area contributed by atoms with Gasteiger partial charge in [-0.15, -0.1) is 0 Å². The first kappa shape index (κ1) is 10.1. The Morgan fingerprint density at radius 3 is 2.75 bits per heavy atom. The Labute approximate surface area is 104 Å². The molecule has 0 N–H and O–H groups in total. The lowest BCUT2D eigenvalue weighted by atomic mass is 10.2. The number of nitrogens with zero attached hydrogens (tertiary/aromatic N) is 1. The van der Waals surface area contributed by atoms with Crippen molar-refractivity contribution in [2.45, 2.75) is 11.4 Å². The number of hydrogen-bond acceptors (Lipinski definition) is 2. The van der Waals surface area contributed by atoms with Gasteiger partial charge in [0.15, 0.2) is 0 Å². The van der Waals surface area contributed by atoms with E-state index in [1.165, 1.54) is 10.5 Å². The van der Waals surface area contributed by atoms with Crippen molar-refractivity contribution in [2.24, 2.45) is 0 Å². The Hall–Kier alpha value is -1.12. The van der Waals surface area contributed by atoms with Gasteiger partial charge in [-0.3, -0.25) is 0 Å². The van der Waals surface area contributed by atoms with Crippen LogP contribution in [0.15, 0.2) is 53.4 Å². The van der Waals surface area contributed by atoms with E-state index in [9.17, 15) is 0 Å². The van der Waals surface area contributed by atoms with Gasteiger partial charge >= 0.3 is 0 Å². The van der Waals surface area contributed by atoms with Crippen LogP contribution in [0.25, 0.3) is 0 Å². The molecule has 0 aromatic heterocycles. The minimum atomic E-state index is 0.786. The van der Waals surface area contributed by atoms with Gasteiger partial charge in [-0.25, -0.2) is 0 Å². The standard InChI is InChI=1S/C13H10ClNS/c14-11-5-3-6-12(8-11)15-9-10-4-1-2-7-13(10)16-15/h1-8H,9H2. The number of fused-ring (bicyclic) bond motifs is 1. The highest BCUT2D eigenvalue weighted by molar-refractivity contribution is 8.01. The zero-order valence-electron chi connectivity index (χ0n) is 8.56. The fourth-order valence-electron chi connectivity index (χ4n) is 1.80. The largest absolute Gasteiger partial charge is 0.308 e. The Kier molecular flexibility index (Phi) is 2.54. The highest BCUT2D eigenvalue weighted by Crippen LogP contribution is 2.39. The second-order valence-corrected chi connectivity index (χ2v) is 5.22. The highest BCUT2D eigenvalue weighted by atomic mass is 35.5. The maximum atomic E-state index is 6.00. The quantitative estimate of drug-likeness (QED) is 0.689. The van der Waals surface area contributed by atoms with Crippen molar-refractivity contribution in [3.63, 3.8) is 0 Å². The molecule has 0 bridgehead atoms. The molecule has 0 atom stereocenters. The summed E-state index contributed by atoms with van der Waals surface area (Å²) in [5.74, 6) is 0. The number of benzene rings is 2. The van der Waals surface area contributed by atoms with Crippen molar-refractivity contribution in [3.8, 4) is 0 Å². The lowest BCUT2D eigenvalue weighted by molar-refractivity contribution is 1.06. The van der Waals surface area contributed by atoms with Crippen LogP contribution in [-0.4, -0.2) is 0 Å². The number of halogens is 1. The fourth-order valence-corrected chi connectivity index (χ4v) is 3.04. The zero-order valence-corrected chi connectivity index (χ0v) is 10.1. The Morgan fingerprint density at radius 2 is 1.94 bits per heavy atom. The Morgan fingerprint density at radius 1 is 1.06 bits per heavy atom. The van der Waals surface area contributed by atoms with Crippen molar-refractivity contribution in [2.75, 3.05) is 4.31 Å². The summed E-state index contributed by atoms with van der Waals surface area (Å²) in [7, 11) is 0. The third-order valence-corrected chi connectivity index (χ3v) is 3.98. The lowest BCUT2D eigenvalue weighted by Gasteiger charge is -2.15. The van der Waals surface area contributed by atoms with Gasteiger partial charge in [0.2, 0.25) is 0 Å². The second kappa shape index (κ2) is 4.04. The summed E-state index contributed by atoms with van der Waals surface area (Å²) < 4.78 is 2.26. The van der Waals surface area contributed by atoms with Crippen LogP contribution in [0.5, 0.6) is 0 Å². The minimum absolute atomic E-state index is 0.786. The maximum Gasteiger partial charge on any atom is 0.0561 e. The van der Waals surface area contributed by atoms with Crippen molar-refractivity contribution >= 4 is 29.2 Å². The Balaban J connectivity index is 1.91. The van der Waals surface area contributed by atoms with E-state index in [0.717, 1.165) is 17.3 Å². The normalized spacial score (nSPS) is 13.9. The van der Waals surface area contributed by atoms with Gasteiger partial charge in [0.1, 0.15) is 0 Å². The van der Waals surface area contributed by atoms with Crippen LogP contribution in [0.4, 0.5) is 5.69 Å². The van der Waals surface area contributed by atoms with E-state index in [0.29, 0.717) is 0 Å². The summed E-state index contributed by atoms with van der Waals surface area (Å²) in [4.78, 5) is 1.34. The lowest BCUT2D eigenvalue weighted by Crippen LogP contribution is -2.06.